The lowest BCUT2D eigenvalue weighted by Gasteiger charge is -2.19. The third-order valence-corrected chi connectivity index (χ3v) is 6.55. The van der Waals surface area contributed by atoms with Gasteiger partial charge >= 0.3 is 0 Å². The Kier molecular flexibility index (Phi) is 7.85. The van der Waals surface area contributed by atoms with Gasteiger partial charge < -0.3 is 21.3 Å². The van der Waals surface area contributed by atoms with Crippen LogP contribution in [0, 0.1) is 5.92 Å². The Bertz CT molecular complexity index is 1210. The lowest BCUT2D eigenvalue weighted by Crippen LogP contribution is -2.28. The number of benzene rings is 3. The van der Waals surface area contributed by atoms with E-state index in [9.17, 15) is 9.59 Å². The van der Waals surface area contributed by atoms with Gasteiger partial charge in [0.15, 0.2) is 0 Å². The summed E-state index contributed by atoms with van der Waals surface area (Å²) >= 11 is 5.96. The van der Waals surface area contributed by atoms with Crippen molar-refractivity contribution in [1.82, 2.24) is 4.90 Å². The molecule has 2 amide bonds. The molecular formula is C28H29ClN4O2. The fourth-order valence-electron chi connectivity index (χ4n) is 4.33. The Hall–Kier alpha value is -3.61. The molecule has 6 nitrogen and oxygen atoms in total. The van der Waals surface area contributed by atoms with Crippen LogP contribution in [-0.2, 0) is 9.59 Å². The first kappa shape index (κ1) is 24.5. The number of hydrogen-bond acceptors (Lipinski definition) is 4. The molecule has 0 radical (unpaired) electrons. The fraction of sp³-hybridized carbons (Fsp3) is 0.214. The Morgan fingerprint density at radius 3 is 2.40 bits per heavy atom. The molecule has 2 atom stereocenters. The predicted molar refractivity (Wildman–Crippen MR) is 143 cm³/mol. The van der Waals surface area contributed by atoms with Crippen LogP contribution < -0.4 is 16.4 Å². The maximum absolute atomic E-state index is 13.1. The van der Waals surface area contributed by atoms with E-state index in [0.717, 1.165) is 29.9 Å². The van der Waals surface area contributed by atoms with Gasteiger partial charge in [0.1, 0.15) is 0 Å². The van der Waals surface area contributed by atoms with E-state index in [1.54, 1.807) is 30.3 Å². The Morgan fingerprint density at radius 2 is 1.71 bits per heavy atom. The predicted octanol–water partition coefficient (Wildman–Crippen LogP) is 5.25. The summed E-state index contributed by atoms with van der Waals surface area (Å²) in [5.41, 5.74) is 9.73. The number of rotatable bonds is 7. The van der Waals surface area contributed by atoms with Gasteiger partial charge in [-0.05, 0) is 60.1 Å². The molecule has 1 aliphatic heterocycles. The monoisotopic (exact) mass is 488 g/mol. The second kappa shape index (κ2) is 11.2. The molecule has 0 bridgehead atoms. The van der Waals surface area contributed by atoms with E-state index in [0.29, 0.717) is 22.9 Å². The molecule has 7 heteroatoms. The molecule has 0 unspecified atom stereocenters. The zero-order valence-corrected chi connectivity index (χ0v) is 20.3. The number of likely N-dealkylation sites (N-methyl/N-ethyl adjacent to an activating group) is 1. The molecule has 180 valence electrons. The molecule has 3 aromatic rings. The van der Waals surface area contributed by atoms with Gasteiger partial charge in [-0.25, -0.2) is 0 Å². The van der Waals surface area contributed by atoms with Crippen molar-refractivity contribution >= 4 is 46.6 Å². The third-order valence-electron chi connectivity index (χ3n) is 6.30. The molecule has 4 rings (SSSR count). The summed E-state index contributed by atoms with van der Waals surface area (Å²) in [6.07, 6.45) is 3.24. The summed E-state index contributed by atoms with van der Waals surface area (Å²) in [7, 11) is 0. The first-order valence-electron chi connectivity index (χ1n) is 11.6. The average molecular weight is 489 g/mol. The minimum Gasteiger partial charge on any atom is -0.397 e. The second-order valence-electron chi connectivity index (χ2n) is 8.64. The number of nitrogens with one attached hydrogen (secondary N) is 2. The van der Waals surface area contributed by atoms with Crippen molar-refractivity contribution < 1.29 is 9.59 Å². The fourth-order valence-corrected chi connectivity index (χ4v) is 4.45. The zero-order chi connectivity index (χ0) is 24.8. The number of amides is 2. The van der Waals surface area contributed by atoms with Crippen LogP contribution in [0.5, 0.6) is 0 Å². The minimum atomic E-state index is -0.250. The van der Waals surface area contributed by atoms with E-state index in [1.807, 2.05) is 48.5 Å². The highest BCUT2D eigenvalue weighted by Gasteiger charge is 2.37. The molecule has 4 N–H and O–H groups in total. The van der Waals surface area contributed by atoms with Gasteiger partial charge in [-0.2, -0.15) is 0 Å². The molecule has 1 fully saturated rings. The van der Waals surface area contributed by atoms with Crippen molar-refractivity contribution in [3.63, 3.8) is 0 Å². The lowest BCUT2D eigenvalue weighted by molar-refractivity contribution is -0.120. The van der Waals surface area contributed by atoms with E-state index in [-0.39, 0.29) is 23.7 Å². The third kappa shape index (κ3) is 6.29. The Labute approximate surface area is 210 Å². The Morgan fingerprint density at radius 1 is 1.00 bits per heavy atom. The molecule has 1 heterocycles. The normalized spacial score (nSPS) is 18.0. The highest BCUT2D eigenvalue weighted by Crippen LogP contribution is 2.34. The number of carbonyl (C=O) groups excluding carboxylic acids is 2. The van der Waals surface area contributed by atoms with Gasteiger partial charge in [-0.1, -0.05) is 54.9 Å². The summed E-state index contributed by atoms with van der Waals surface area (Å²) in [4.78, 5) is 27.7. The maximum atomic E-state index is 13.1. The number of nitrogen functional groups attached to an aromatic ring is 1. The van der Waals surface area contributed by atoms with Crippen LogP contribution in [0.2, 0.25) is 5.02 Å². The van der Waals surface area contributed by atoms with Crippen LogP contribution in [0.4, 0.5) is 17.1 Å². The number of anilines is 3. The van der Waals surface area contributed by atoms with E-state index < -0.39 is 0 Å². The summed E-state index contributed by atoms with van der Waals surface area (Å²) < 4.78 is 0. The summed E-state index contributed by atoms with van der Waals surface area (Å²) in [6, 6.07) is 22.3. The molecule has 0 spiro atoms. The summed E-state index contributed by atoms with van der Waals surface area (Å²) in [6.45, 7) is 4.54. The molecule has 3 aromatic carbocycles. The van der Waals surface area contributed by atoms with Gasteiger partial charge in [0.2, 0.25) is 11.8 Å². The van der Waals surface area contributed by atoms with Crippen molar-refractivity contribution in [2.24, 2.45) is 5.92 Å². The van der Waals surface area contributed by atoms with Gasteiger partial charge in [-0.15, -0.1) is 0 Å². The molecule has 0 aliphatic carbocycles. The van der Waals surface area contributed by atoms with Crippen LogP contribution in [0.3, 0.4) is 0 Å². The highest BCUT2D eigenvalue weighted by molar-refractivity contribution is 6.30. The topological polar surface area (TPSA) is 87.5 Å². The number of carbonyl (C=O) groups is 2. The molecule has 1 saturated heterocycles. The van der Waals surface area contributed by atoms with Gasteiger partial charge in [0.25, 0.3) is 0 Å². The molecule has 0 saturated carbocycles. The second-order valence-corrected chi connectivity index (χ2v) is 9.07. The summed E-state index contributed by atoms with van der Waals surface area (Å²) in [5.74, 6) is -0.312. The van der Waals surface area contributed by atoms with Crippen LogP contribution in [0.25, 0.3) is 6.08 Å². The number of nitrogens with two attached hydrogens (primary N) is 1. The van der Waals surface area contributed by atoms with Gasteiger partial charge in [0, 0.05) is 35.8 Å². The van der Waals surface area contributed by atoms with E-state index in [1.165, 1.54) is 6.08 Å². The molecule has 1 aliphatic rings. The highest BCUT2D eigenvalue weighted by atomic mass is 35.5. The maximum Gasteiger partial charge on any atom is 0.248 e. The molecule has 35 heavy (non-hydrogen) atoms. The number of likely N-dealkylation sites (tertiary alicyclic amines) is 1. The van der Waals surface area contributed by atoms with Crippen LogP contribution in [0.1, 0.15) is 24.0 Å². The zero-order valence-electron chi connectivity index (χ0n) is 19.6. The number of halogens is 1. The first-order chi connectivity index (χ1) is 16.9. The smallest absolute Gasteiger partial charge is 0.248 e. The largest absolute Gasteiger partial charge is 0.397 e. The molecular weight excluding hydrogens is 460 g/mol. The average Bonchev–Trinajstić information content (AvgIpc) is 3.31. The Balaban J connectivity index is 1.42. The van der Waals surface area contributed by atoms with E-state index in [4.69, 9.17) is 17.3 Å². The number of para-hydroxylation sites is 2. The van der Waals surface area contributed by atoms with Crippen molar-refractivity contribution in [3.05, 3.63) is 95.0 Å². The van der Waals surface area contributed by atoms with Crippen molar-refractivity contribution in [2.45, 2.75) is 12.8 Å². The van der Waals surface area contributed by atoms with Gasteiger partial charge in [0.05, 0.1) is 17.3 Å². The van der Waals surface area contributed by atoms with E-state index in [2.05, 4.69) is 22.5 Å². The van der Waals surface area contributed by atoms with E-state index >= 15 is 0 Å². The van der Waals surface area contributed by atoms with Gasteiger partial charge in [-0.3, -0.25) is 9.59 Å². The first-order valence-corrected chi connectivity index (χ1v) is 12.0. The van der Waals surface area contributed by atoms with Crippen LogP contribution in [-0.4, -0.2) is 36.3 Å². The van der Waals surface area contributed by atoms with Crippen molar-refractivity contribution in [2.75, 3.05) is 36.0 Å². The molecule has 0 aromatic heterocycles. The standard InChI is InChI=1S/C28H29ClN4O2/c1-2-33-17-23(24(18-33)28(35)31-22-14-12-21(29)13-15-22)20-10-7-19(8-11-20)9-16-27(34)32-26-6-4-3-5-25(26)30/h3-16,23-24H,2,17-18,30H2,1H3,(H,31,35)(H,32,34)/b16-9+/t23-,24+/m1/s1. The van der Waals surface area contributed by atoms with Crippen LogP contribution in [0.15, 0.2) is 78.9 Å². The summed E-state index contributed by atoms with van der Waals surface area (Å²) in [5, 5.41) is 6.45. The quantitative estimate of drug-likeness (QED) is 0.313. The SMILES string of the molecule is CCN1C[C@H](C(=O)Nc2ccc(Cl)cc2)[C@@H](c2ccc(/C=C/C(=O)Nc3ccccc3N)cc2)C1. The minimum absolute atomic E-state index is 0.00843. The number of nitrogens with zero attached hydrogens (tertiary/aromatic N) is 1. The number of hydrogen-bond donors (Lipinski definition) is 3. The van der Waals surface area contributed by atoms with Crippen molar-refractivity contribution in [3.8, 4) is 0 Å². The van der Waals surface area contributed by atoms with Crippen molar-refractivity contribution in [1.29, 1.82) is 0 Å². The van der Waals surface area contributed by atoms with Crippen LogP contribution >= 0.6 is 11.6 Å². The lowest BCUT2D eigenvalue weighted by atomic mass is 9.88.